The van der Waals surface area contributed by atoms with Gasteiger partial charge in [-0.15, -0.1) is 0 Å². The normalized spacial score (nSPS) is 12.5. The number of hydrogen-bond acceptors (Lipinski definition) is 5. The molecule has 7 heteroatoms. The van der Waals surface area contributed by atoms with Gasteiger partial charge in [0.05, 0.1) is 4.92 Å². The van der Waals surface area contributed by atoms with Gasteiger partial charge in [0.15, 0.2) is 0 Å². The topological polar surface area (TPSA) is 93.5 Å². The SMILES string of the molecule is CC(CNC(=O)OC(C)(C)C)NCc1ccc([N+](=O)[O-])cc1. The Morgan fingerprint density at radius 2 is 1.91 bits per heavy atom. The van der Waals surface area contributed by atoms with E-state index in [1.165, 1.54) is 12.1 Å². The van der Waals surface area contributed by atoms with Crippen LogP contribution in [0.25, 0.3) is 0 Å². The van der Waals surface area contributed by atoms with Gasteiger partial charge in [-0.05, 0) is 33.3 Å². The highest BCUT2D eigenvalue weighted by atomic mass is 16.6. The monoisotopic (exact) mass is 309 g/mol. The Morgan fingerprint density at radius 3 is 2.41 bits per heavy atom. The lowest BCUT2D eigenvalue weighted by Gasteiger charge is -2.21. The molecule has 0 aromatic heterocycles. The van der Waals surface area contributed by atoms with Crippen LogP contribution < -0.4 is 10.6 Å². The van der Waals surface area contributed by atoms with Crippen LogP contribution in [0.15, 0.2) is 24.3 Å². The number of carbonyl (C=O) groups excluding carboxylic acids is 1. The van der Waals surface area contributed by atoms with Gasteiger partial charge in [-0.25, -0.2) is 4.79 Å². The van der Waals surface area contributed by atoms with Gasteiger partial charge < -0.3 is 15.4 Å². The summed E-state index contributed by atoms with van der Waals surface area (Å²) in [5.74, 6) is 0. The van der Waals surface area contributed by atoms with Gasteiger partial charge in [-0.1, -0.05) is 12.1 Å². The molecule has 0 spiro atoms. The lowest BCUT2D eigenvalue weighted by molar-refractivity contribution is -0.384. The van der Waals surface area contributed by atoms with Crippen LogP contribution >= 0.6 is 0 Å². The number of nitro groups is 1. The fraction of sp³-hybridized carbons (Fsp3) is 0.533. The minimum atomic E-state index is -0.514. The zero-order valence-corrected chi connectivity index (χ0v) is 13.4. The van der Waals surface area contributed by atoms with Crippen molar-refractivity contribution in [1.82, 2.24) is 10.6 Å². The smallest absolute Gasteiger partial charge is 0.407 e. The van der Waals surface area contributed by atoms with Crippen LogP contribution in [0.5, 0.6) is 0 Å². The first kappa shape index (κ1) is 17.9. The number of amides is 1. The van der Waals surface area contributed by atoms with Crippen molar-refractivity contribution < 1.29 is 14.5 Å². The summed E-state index contributed by atoms with van der Waals surface area (Å²) >= 11 is 0. The summed E-state index contributed by atoms with van der Waals surface area (Å²) in [5, 5.41) is 16.5. The third-order valence-corrected chi connectivity index (χ3v) is 2.75. The van der Waals surface area contributed by atoms with E-state index in [0.29, 0.717) is 13.1 Å². The van der Waals surface area contributed by atoms with Crippen LogP contribution in [0.4, 0.5) is 10.5 Å². The minimum Gasteiger partial charge on any atom is -0.444 e. The van der Waals surface area contributed by atoms with Crippen molar-refractivity contribution in [2.45, 2.75) is 45.9 Å². The molecule has 122 valence electrons. The number of nitrogens with one attached hydrogen (secondary N) is 2. The molecule has 0 radical (unpaired) electrons. The van der Waals surface area contributed by atoms with Crippen LogP contribution in [0.1, 0.15) is 33.3 Å². The lowest BCUT2D eigenvalue weighted by atomic mass is 10.2. The van der Waals surface area contributed by atoms with E-state index in [0.717, 1.165) is 5.56 Å². The number of nitrogens with zero attached hydrogens (tertiary/aromatic N) is 1. The molecule has 7 nitrogen and oxygen atoms in total. The second-order valence-corrected chi connectivity index (χ2v) is 6.09. The molecule has 1 aromatic rings. The average Bonchev–Trinajstić information content (AvgIpc) is 2.41. The maximum atomic E-state index is 11.5. The quantitative estimate of drug-likeness (QED) is 0.622. The Labute approximate surface area is 130 Å². The van der Waals surface area contributed by atoms with E-state index in [4.69, 9.17) is 4.74 Å². The van der Waals surface area contributed by atoms with E-state index in [2.05, 4.69) is 10.6 Å². The van der Waals surface area contributed by atoms with Crippen molar-refractivity contribution in [2.24, 2.45) is 0 Å². The second-order valence-electron chi connectivity index (χ2n) is 6.09. The van der Waals surface area contributed by atoms with E-state index in [-0.39, 0.29) is 11.7 Å². The lowest BCUT2D eigenvalue weighted by Crippen LogP contribution is -2.40. The van der Waals surface area contributed by atoms with Crippen molar-refractivity contribution in [1.29, 1.82) is 0 Å². The Balaban J connectivity index is 2.32. The molecular weight excluding hydrogens is 286 g/mol. The number of carbonyl (C=O) groups is 1. The van der Waals surface area contributed by atoms with Crippen molar-refractivity contribution >= 4 is 11.8 Å². The summed E-state index contributed by atoms with van der Waals surface area (Å²) in [5.41, 5.74) is 0.498. The molecular formula is C15H23N3O4. The molecule has 22 heavy (non-hydrogen) atoms. The summed E-state index contributed by atoms with van der Waals surface area (Å²) in [6, 6.07) is 6.40. The van der Waals surface area contributed by atoms with Crippen LogP contribution in [0, 0.1) is 10.1 Å². The summed E-state index contributed by atoms with van der Waals surface area (Å²) in [6.45, 7) is 8.36. The highest BCUT2D eigenvalue weighted by Gasteiger charge is 2.16. The maximum absolute atomic E-state index is 11.5. The van der Waals surface area contributed by atoms with Crippen molar-refractivity contribution in [3.05, 3.63) is 39.9 Å². The molecule has 0 aliphatic carbocycles. The van der Waals surface area contributed by atoms with Gasteiger partial charge in [0, 0.05) is 31.3 Å². The second kappa shape index (κ2) is 7.74. The molecule has 1 atom stereocenters. The van der Waals surface area contributed by atoms with E-state index >= 15 is 0 Å². The van der Waals surface area contributed by atoms with Gasteiger partial charge in [0.2, 0.25) is 0 Å². The van der Waals surface area contributed by atoms with Crippen molar-refractivity contribution in [3.63, 3.8) is 0 Å². The Bertz CT molecular complexity index is 509. The van der Waals surface area contributed by atoms with Crippen LogP contribution in [-0.2, 0) is 11.3 Å². The summed E-state index contributed by atoms with van der Waals surface area (Å²) < 4.78 is 5.14. The van der Waals surface area contributed by atoms with Gasteiger partial charge >= 0.3 is 6.09 Å². The zero-order valence-electron chi connectivity index (χ0n) is 13.4. The molecule has 0 aliphatic rings. The largest absolute Gasteiger partial charge is 0.444 e. The third kappa shape index (κ3) is 7.03. The molecule has 1 unspecified atom stereocenters. The van der Waals surface area contributed by atoms with E-state index in [9.17, 15) is 14.9 Å². The molecule has 0 aliphatic heterocycles. The number of alkyl carbamates (subject to hydrolysis) is 1. The molecule has 0 saturated carbocycles. The molecule has 1 rings (SSSR count). The molecule has 0 fully saturated rings. The third-order valence-electron chi connectivity index (χ3n) is 2.75. The summed E-state index contributed by atoms with van der Waals surface area (Å²) in [4.78, 5) is 21.7. The summed E-state index contributed by atoms with van der Waals surface area (Å²) in [6.07, 6.45) is -0.448. The maximum Gasteiger partial charge on any atom is 0.407 e. The van der Waals surface area contributed by atoms with E-state index in [1.807, 2.05) is 27.7 Å². The van der Waals surface area contributed by atoms with Crippen LogP contribution in [-0.4, -0.2) is 29.2 Å². The van der Waals surface area contributed by atoms with Crippen molar-refractivity contribution in [2.75, 3.05) is 6.54 Å². The first-order valence-corrected chi connectivity index (χ1v) is 7.11. The van der Waals surface area contributed by atoms with Gasteiger partial charge in [0.1, 0.15) is 5.60 Å². The zero-order chi connectivity index (χ0) is 16.8. The Morgan fingerprint density at radius 1 is 1.32 bits per heavy atom. The Kier molecular flexibility index (Phi) is 6.30. The number of non-ortho nitro benzene ring substituents is 1. The van der Waals surface area contributed by atoms with Gasteiger partial charge in [-0.3, -0.25) is 10.1 Å². The van der Waals surface area contributed by atoms with Gasteiger partial charge in [-0.2, -0.15) is 0 Å². The fourth-order valence-corrected chi connectivity index (χ4v) is 1.65. The summed E-state index contributed by atoms with van der Waals surface area (Å²) in [7, 11) is 0. The molecule has 1 amide bonds. The first-order valence-electron chi connectivity index (χ1n) is 7.11. The average molecular weight is 309 g/mol. The molecule has 0 bridgehead atoms. The molecule has 0 saturated heterocycles. The molecule has 1 aromatic carbocycles. The van der Waals surface area contributed by atoms with E-state index in [1.54, 1.807) is 12.1 Å². The number of rotatable bonds is 6. The number of hydrogen-bond donors (Lipinski definition) is 2. The van der Waals surface area contributed by atoms with Crippen molar-refractivity contribution in [3.8, 4) is 0 Å². The highest BCUT2D eigenvalue weighted by molar-refractivity contribution is 5.67. The number of ether oxygens (including phenoxy) is 1. The van der Waals surface area contributed by atoms with E-state index < -0.39 is 16.6 Å². The number of nitro benzene ring substituents is 1. The highest BCUT2D eigenvalue weighted by Crippen LogP contribution is 2.11. The van der Waals surface area contributed by atoms with Crippen LogP contribution in [0.3, 0.4) is 0 Å². The van der Waals surface area contributed by atoms with Gasteiger partial charge in [0.25, 0.3) is 5.69 Å². The Hall–Kier alpha value is -2.15. The molecule has 2 N–H and O–H groups in total. The standard InChI is InChI=1S/C15H23N3O4/c1-11(9-17-14(19)22-15(2,3)4)16-10-12-5-7-13(8-6-12)18(20)21/h5-8,11,16H,9-10H2,1-4H3,(H,17,19). The number of benzene rings is 1. The minimum absolute atomic E-state index is 0.0442. The predicted molar refractivity (Wildman–Crippen MR) is 83.6 cm³/mol. The fourth-order valence-electron chi connectivity index (χ4n) is 1.65. The molecule has 0 heterocycles. The predicted octanol–water partition coefficient (Wildman–Crippen LogP) is 2.60. The first-order chi connectivity index (χ1) is 10.2. The van der Waals surface area contributed by atoms with Crippen LogP contribution in [0.2, 0.25) is 0 Å².